The molecule has 0 heterocycles. The van der Waals surface area contributed by atoms with Gasteiger partial charge in [0.15, 0.2) is 0 Å². The van der Waals surface area contributed by atoms with E-state index in [2.05, 4.69) is 0 Å². The van der Waals surface area contributed by atoms with Crippen molar-refractivity contribution in [2.75, 3.05) is 0 Å². The van der Waals surface area contributed by atoms with Gasteiger partial charge in [-0.3, -0.25) is 9.13 Å². The van der Waals surface area contributed by atoms with Crippen LogP contribution in [-0.4, -0.2) is 21.0 Å². The molecular weight excluding hydrogens is 350 g/mol. The second kappa shape index (κ2) is 7.41. The van der Waals surface area contributed by atoms with Crippen LogP contribution in [0.15, 0.2) is 24.3 Å². The normalized spacial score (nSPS) is 14.0. The minimum atomic E-state index is -4.10. The third-order valence-electron chi connectivity index (χ3n) is 2.61. The van der Waals surface area contributed by atoms with Crippen LogP contribution in [0.5, 0.6) is 0 Å². The van der Waals surface area contributed by atoms with Crippen molar-refractivity contribution in [3.05, 3.63) is 35.4 Å². The molecule has 0 saturated carbocycles. The Morgan fingerprint density at radius 1 is 0.792 bits per heavy atom. The molecule has 24 heavy (non-hydrogen) atoms. The molecule has 2 N–H and O–H groups in total. The van der Waals surface area contributed by atoms with E-state index in [9.17, 15) is 9.13 Å². The Kier molecular flexibility index (Phi) is 6.66. The molecule has 0 amide bonds. The summed E-state index contributed by atoms with van der Waals surface area (Å²) in [7, 11) is -7.50. The highest BCUT2D eigenvalue weighted by molar-refractivity contribution is 7.53. The van der Waals surface area contributed by atoms with E-state index in [1.54, 1.807) is 24.3 Å². The van der Waals surface area contributed by atoms with Crippen LogP contribution in [0.1, 0.15) is 52.7 Å². The standard InChI is InChI=1S/C16H28O6P2/c1-15(2,3)21-24(20,22-16(4,5)6)12-14-9-7-13(8-10-14)11-23(17,18)19/h7-10H,11-12H2,1-6H3,(H2,17,18,19). The molecule has 0 aliphatic carbocycles. The molecule has 1 aromatic rings. The molecule has 0 bridgehead atoms. The van der Waals surface area contributed by atoms with E-state index in [1.807, 2.05) is 41.5 Å². The summed E-state index contributed by atoms with van der Waals surface area (Å²) in [5.41, 5.74) is -0.000811. The molecule has 0 aromatic heterocycles. The van der Waals surface area contributed by atoms with Crippen molar-refractivity contribution in [2.24, 2.45) is 0 Å². The van der Waals surface area contributed by atoms with Gasteiger partial charge in [-0.05, 0) is 52.7 Å². The van der Waals surface area contributed by atoms with Crippen LogP contribution in [0.2, 0.25) is 0 Å². The van der Waals surface area contributed by atoms with Gasteiger partial charge in [0, 0.05) is 0 Å². The number of rotatable bonds is 6. The Bertz CT molecular complexity index is 614. The highest BCUT2D eigenvalue weighted by Crippen LogP contribution is 2.56. The van der Waals surface area contributed by atoms with Gasteiger partial charge in [-0.15, -0.1) is 0 Å². The Labute approximate surface area is 144 Å². The predicted molar refractivity (Wildman–Crippen MR) is 95.2 cm³/mol. The molecule has 0 saturated heterocycles. The lowest BCUT2D eigenvalue weighted by Crippen LogP contribution is -2.24. The van der Waals surface area contributed by atoms with E-state index < -0.39 is 26.4 Å². The highest BCUT2D eigenvalue weighted by Gasteiger charge is 2.35. The van der Waals surface area contributed by atoms with E-state index in [1.165, 1.54) is 0 Å². The SMILES string of the molecule is CC(C)(C)OP(=O)(Cc1ccc(CP(=O)(O)O)cc1)OC(C)(C)C. The molecule has 6 nitrogen and oxygen atoms in total. The molecule has 1 rings (SSSR count). The number of benzene rings is 1. The van der Waals surface area contributed by atoms with Crippen LogP contribution in [-0.2, 0) is 30.5 Å². The van der Waals surface area contributed by atoms with Gasteiger partial charge in [0.2, 0.25) is 0 Å². The smallest absolute Gasteiger partial charge is 0.324 e. The molecule has 1 aromatic carbocycles. The van der Waals surface area contributed by atoms with Gasteiger partial charge in [-0.2, -0.15) is 0 Å². The van der Waals surface area contributed by atoms with Gasteiger partial charge >= 0.3 is 15.2 Å². The number of hydrogen-bond acceptors (Lipinski definition) is 4. The van der Waals surface area contributed by atoms with E-state index in [4.69, 9.17) is 18.8 Å². The first-order valence-electron chi connectivity index (χ1n) is 7.70. The van der Waals surface area contributed by atoms with Gasteiger partial charge in [0.1, 0.15) is 0 Å². The van der Waals surface area contributed by atoms with Crippen LogP contribution in [0.4, 0.5) is 0 Å². The maximum absolute atomic E-state index is 13.2. The van der Waals surface area contributed by atoms with Crippen LogP contribution < -0.4 is 0 Å². The van der Waals surface area contributed by atoms with Gasteiger partial charge in [0.25, 0.3) is 0 Å². The second-order valence-electron chi connectivity index (χ2n) is 7.82. The van der Waals surface area contributed by atoms with Crippen LogP contribution >= 0.6 is 15.2 Å². The highest BCUT2D eigenvalue weighted by atomic mass is 31.2. The fraction of sp³-hybridized carbons (Fsp3) is 0.625. The minimum absolute atomic E-state index is 0.0950. The van der Waals surface area contributed by atoms with Crippen molar-refractivity contribution in [2.45, 2.75) is 65.1 Å². The van der Waals surface area contributed by atoms with Gasteiger partial charge in [-0.1, -0.05) is 24.3 Å². The second-order valence-corrected chi connectivity index (χ2v) is 11.4. The van der Waals surface area contributed by atoms with Crippen molar-refractivity contribution in [3.63, 3.8) is 0 Å². The largest absolute Gasteiger partial charge is 0.336 e. The first kappa shape index (κ1) is 21.6. The van der Waals surface area contributed by atoms with Crippen molar-refractivity contribution in [1.29, 1.82) is 0 Å². The lowest BCUT2D eigenvalue weighted by molar-refractivity contribution is 0.0485. The molecule has 0 atom stereocenters. The summed E-state index contributed by atoms with van der Waals surface area (Å²) < 4.78 is 35.6. The molecule has 0 unspecified atom stereocenters. The Morgan fingerprint density at radius 2 is 1.12 bits per heavy atom. The van der Waals surface area contributed by atoms with E-state index >= 15 is 0 Å². The summed E-state index contributed by atoms with van der Waals surface area (Å²) in [4.78, 5) is 18.0. The zero-order valence-electron chi connectivity index (χ0n) is 15.1. The summed E-state index contributed by atoms with van der Waals surface area (Å²) in [6.45, 7) is 10.9. The van der Waals surface area contributed by atoms with Crippen molar-refractivity contribution in [1.82, 2.24) is 0 Å². The summed E-state index contributed by atoms with van der Waals surface area (Å²) in [5, 5.41) is 0. The topological polar surface area (TPSA) is 93.1 Å². The summed E-state index contributed by atoms with van der Waals surface area (Å²) >= 11 is 0. The quantitative estimate of drug-likeness (QED) is 0.698. The van der Waals surface area contributed by atoms with Crippen molar-refractivity contribution in [3.8, 4) is 0 Å². The third kappa shape index (κ3) is 9.12. The van der Waals surface area contributed by atoms with Gasteiger partial charge in [-0.25, -0.2) is 0 Å². The molecule has 0 radical (unpaired) electrons. The van der Waals surface area contributed by atoms with Crippen LogP contribution in [0.25, 0.3) is 0 Å². The average molecular weight is 378 g/mol. The Hall–Kier alpha value is -0.480. The maximum Gasteiger partial charge on any atom is 0.336 e. The fourth-order valence-electron chi connectivity index (χ4n) is 2.13. The summed E-state index contributed by atoms with van der Waals surface area (Å²) in [5.74, 6) is 0. The fourth-order valence-corrected chi connectivity index (χ4v) is 5.31. The molecule has 0 fully saturated rings. The zero-order chi connectivity index (χ0) is 18.8. The maximum atomic E-state index is 13.2. The molecule has 138 valence electrons. The Morgan fingerprint density at radius 3 is 1.42 bits per heavy atom. The van der Waals surface area contributed by atoms with Crippen molar-refractivity contribution < 1.29 is 28.0 Å². The first-order valence-corrected chi connectivity index (χ1v) is 11.2. The van der Waals surface area contributed by atoms with Crippen molar-refractivity contribution >= 4 is 15.2 Å². The molecule has 8 heteroatoms. The van der Waals surface area contributed by atoms with Crippen LogP contribution in [0, 0.1) is 0 Å². The summed E-state index contributed by atoms with van der Waals surface area (Å²) in [6.07, 6.45) is -0.223. The minimum Gasteiger partial charge on any atom is -0.324 e. The lowest BCUT2D eigenvalue weighted by Gasteiger charge is -2.32. The predicted octanol–water partition coefficient (Wildman–Crippen LogP) is 4.69. The van der Waals surface area contributed by atoms with E-state index in [0.29, 0.717) is 5.56 Å². The molecular formula is C16H28O6P2. The molecule has 0 aliphatic heterocycles. The molecule has 0 aliphatic rings. The first-order chi connectivity index (χ1) is 10.6. The number of hydrogen-bond donors (Lipinski definition) is 2. The van der Waals surface area contributed by atoms with Gasteiger partial charge in [0.05, 0.1) is 23.5 Å². The average Bonchev–Trinajstić information content (AvgIpc) is 2.23. The third-order valence-corrected chi connectivity index (χ3v) is 5.79. The zero-order valence-corrected chi connectivity index (χ0v) is 16.9. The van der Waals surface area contributed by atoms with E-state index in [0.717, 1.165) is 5.56 Å². The summed E-state index contributed by atoms with van der Waals surface area (Å²) in [6, 6.07) is 6.62. The monoisotopic (exact) mass is 378 g/mol. The van der Waals surface area contributed by atoms with Gasteiger partial charge < -0.3 is 18.8 Å². The van der Waals surface area contributed by atoms with E-state index in [-0.39, 0.29) is 12.3 Å². The molecule has 0 spiro atoms. The lowest BCUT2D eigenvalue weighted by atomic mass is 10.2. The Balaban J connectivity index is 2.98. The van der Waals surface area contributed by atoms with Crippen LogP contribution in [0.3, 0.4) is 0 Å².